The molecule has 1 aromatic carbocycles. The maximum Gasteiger partial charge on any atom is 0.247 e. The number of likely N-dealkylation sites (tertiary alicyclic amines) is 1. The van der Waals surface area contributed by atoms with Crippen LogP contribution in [0.15, 0.2) is 49.6 Å². The number of amides is 3. The summed E-state index contributed by atoms with van der Waals surface area (Å²) in [4.78, 5) is 49.2. The fourth-order valence-electron chi connectivity index (χ4n) is 7.48. The van der Waals surface area contributed by atoms with Crippen molar-refractivity contribution in [3.63, 3.8) is 0 Å². The largest absolute Gasteiger partial charge is 0.494 e. The van der Waals surface area contributed by atoms with Crippen LogP contribution in [0.1, 0.15) is 53.9 Å². The van der Waals surface area contributed by atoms with Gasteiger partial charge in [-0.25, -0.2) is 0 Å². The highest BCUT2D eigenvalue weighted by atomic mass is 79.9. The first-order valence-electron chi connectivity index (χ1n) is 15.8. The van der Waals surface area contributed by atoms with Gasteiger partial charge in [-0.05, 0) is 56.9 Å². The van der Waals surface area contributed by atoms with Gasteiger partial charge >= 0.3 is 0 Å². The highest BCUT2D eigenvalue weighted by Gasteiger charge is 2.76. The number of nitrogens with zero attached hydrogens (tertiary/aromatic N) is 3. The minimum absolute atomic E-state index is 0.0481. The van der Waals surface area contributed by atoms with Crippen LogP contribution >= 0.6 is 27.7 Å². The quantitative estimate of drug-likeness (QED) is 0.199. The first-order valence-corrected chi connectivity index (χ1v) is 17.6. The Morgan fingerprint density at radius 1 is 1.16 bits per heavy atom. The molecule has 2 bridgehead atoms. The molecule has 3 heterocycles. The number of aliphatic hydroxyl groups is 1. The molecule has 242 valence electrons. The van der Waals surface area contributed by atoms with Crippen LogP contribution in [0.25, 0.3) is 0 Å². The predicted molar refractivity (Wildman–Crippen MR) is 181 cm³/mol. The van der Waals surface area contributed by atoms with Gasteiger partial charge in [-0.15, -0.1) is 24.9 Å². The molecule has 8 nitrogen and oxygen atoms in total. The van der Waals surface area contributed by atoms with Gasteiger partial charge in [0.25, 0.3) is 0 Å². The lowest BCUT2D eigenvalue weighted by molar-refractivity contribution is -0.147. The Morgan fingerprint density at radius 2 is 1.82 bits per heavy atom. The topological polar surface area (TPSA) is 90.4 Å². The summed E-state index contributed by atoms with van der Waals surface area (Å²) in [5, 5.41) is 10.4. The molecule has 10 heteroatoms. The van der Waals surface area contributed by atoms with Crippen molar-refractivity contribution < 1.29 is 24.2 Å². The van der Waals surface area contributed by atoms with Gasteiger partial charge in [-0.2, -0.15) is 0 Å². The zero-order valence-electron chi connectivity index (χ0n) is 26.7. The van der Waals surface area contributed by atoms with Crippen molar-refractivity contribution in [3.05, 3.63) is 49.6 Å². The number of hydrogen-bond acceptors (Lipinski definition) is 6. The predicted octanol–water partition coefficient (Wildman–Crippen LogP) is 5.29. The van der Waals surface area contributed by atoms with Crippen LogP contribution in [0.5, 0.6) is 5.75 Å². The number of anilines is 1. The summed E-state index contributed by atoms with van der Waals surface area (Å²) >= 11 is 5.50. The van der Waals surface area contributed by atoms with E-state index >= 15 is 0 Å². The van der Waals surface area contributed by atoms with E-state index in [0.29, 0.717) is 31.0 Å². The Kier molecular flexibility index (Phi) is 11.3. The number of aliphatic hydroxyl groups excluding tert-OH is 1. The lowest BCUT2D eigenvalue weighted by Crippen LogP contribution is -2.60. The fourth-order valence-corrected chi connectivity index (χ4v) is 11.1. The van der Waals surface area contributed by atoms with Gasteiger partial charge in [0, 0.05) is 34.9 Å². The Morgan fingerprint density at radius 3 is 2.36 bits per heavy atom. The van der Waals surface area contributed by atoms with E-state index in [1.165, 1.54) is 0 Å². The number of halogens is 1. The van der Waals surface area contributed by atoms with Crippen LogP contribution in [0.4, 0.5) is 5.69 Å². The lowest BCUT2D eigenvalue weighted by atomic mass is 9.70. The Hall–Kier alpha value is -2.30. The number of hydrogen-bond donors (Lipinski definition) is 1. The number of carbonyl (C=O) groups excluding carboxylic acids is 3. The third kappa shape index (κ3) is 5.98. The summed E-state index contributed by atoms with van der Waals surface area (Å²) in [7, 11) is 0. The molecule has 3 saturated heterocycles. The van der Waals surface area contributed by atoms with Gasteiger partial charge in [-0.3, -0.25) is 14.4 Å². The van der Waals surface area contributed by atoms with Gasteiger partial charge in [0.1, 0.15) is 11.8 Å². The zero-order chi connectivity index (χ0) is 32.3. The van der Waals surface area contributed by atoms with Crippen molar-refractivity contribution in [2.24, 2.45) is 17.8 Å². The highest BCUT2D eigenvalue weighted by molar-refractivity contribution is 9.09. The summed E-state index contributed by atoms with van der Waals surface area (Å²) in [5.41, 5.74) is 0.696. The standard InChI is InChI=1S/C34H48BrN3O5S/c1-8-12-22(7)36(17-9-2)33(42)30-34-19-25(35)29(44-34)27(28(34)32(41)38(30)26(20-39)21(5)6)31(40)37(18-10-3)23-13-15-24(16-14-23)43-11-4/h9-10,13-16,21-22,25-30,39H,2-3,8,11-12,17-20H2,1,4-7H3/t22?,25?,26-,27+,28-,29+,30?,34?/m0/s1. The van der Waals surface area contributed by atoms with Gasteiger partial charge < -0.3 is 24.5 Å². The van der Waals surface area contributed by atoms with Crippen LogP contribution in [0, 0.1) is 17.8 Å². The maximum atomic E-state index is 14.8. The second kappa shape index (κ2) is 14.4. The van der Waals surface area contributed by atoms with Gasteiger partial charge in [0.05, 0.1) is 35.8 Å². The lowest BCUT2D eigenvalue weighted by Gasteiger charge is -2.42. The fraction of sp³-hybridized carbons (Fsp3) is 0.618. The van der Waals surface area contributed by atoms with Crippen LogP contribution in [-0.4, -0.2) is 91.9 Å². The number of fused-ring (bicyclic) bond motifs is 1. The summed E-state index contributed by atoms with van der Waals surface area (Å²) in [6.45, 7) is 18.7. The molecule has 3 aliphatic rings. The number of carbonyl (C=O) groups is 3. The molecular weight excluding hydrogens is 642 g/mol. The summed E-state index contributed by atoms with van der Waals surface area (Å²) < 4.78 is 4.80. The third-order valence-corrected chi connectivity index (χ3v) is 12.7. The van der Waals surface area contributed by atoms with Crippen LogP contribution in [0.3, 0.4) is 0 Å². The molecule has 0 aliphatic carbocycles. The molecule has 0 aromatic heterocycles. The van der Waals surface area contributed by atoms with Gasteiger partial charge in [0.15, 0.2) is 0 Å². The van der Waals surface area contributed by atoms with E-state index < -0.39 is 28.7 Å². The summed E-state index contributed by atoms with van der Waals surface area (Å²) in [6.07, 6.45) is 5.74. The van der Waals surface area contributed by atoms with E-state index in [9.17, 15) is 19.5 Å². The first-order chi connectivity index (χ1) is 21.0. The zero-order valence-corrected chi connectivity index (χ0v) is 29.1. The second-order valence-corrected chi connectivity index (χ2v) is 15.2. The molecule has 3 aliphatic heterocycles. The minimum Gasteiger partial charge on any atom is -0.494 e. The van der Waals surface area contributed by atoms with E-state index in [-0.39, 0.29) is 52.9 Å². The molecular formula is C34H48BrN3O5S. The number of rotatable bonds is 15. The third-order valence-electron chi connectivity index (χ3n) is 9.44. The molecule has 3 fully saturated rings. The second-order valence-electron chi connectivity index (χ2n) is 12.5. The average molecular weight is 691 g/mol. The molecule has 8 atom stereocenters. The normalized spacial score (nSPS) is 28.5. The molecule has 1 N–H and O–H groups in total. The highest BCUT2D eigenvalue weighted by Crippen LogP contribution is 2.68. The number of alkyl halides is 1. The molecule has 3 amide bonds. The Balaban J connectivity index is 1.81. The van der Waals surface area contributed by atoms with Crippen LogP contribution in [-0.2, 0) is 14.4 Å². The van der Waals surface area contributed by atoms with E-state index in [1.54, 1.807) is 33.7 Å². The monoisotopic (exact) mass is 689 g/mol. The smallest absolute Gasteiger partial charge is 0.247 e. The van der Waals surface area contributed by atoms with E-state index in [1.807, 2.05) is 56.9 Å². The SMILES string of the molecule is C=CCN(C(=O)[C@H]1[C@@H]2SC3(CC2Br)C(C(=O)N(CC=C)C(C)CCC)N([C@@H](CO)C(C)C)C(=O)[C@H]13)c1ccc(OCC)cc1. The molecule has 0 saturated carbocycles. The maximum absolute atomic E-state index is 14.8. The Labute approximate surface area is 275 Å². The van der Waals surface area contributed by atoms with Crippen LogP contribution in [0.2, 0.25) is 0 Å². The molecule has 0 radical (unpaired) electrons. The average Bonchev–Trinajstić information content (AvgIpc) is 3.58. The molecule has 1 spiro atoms. The van der Waals surface area contributed by atoms with E-state index in [0.717, 1.165) is 12.8 Å². The summed E-state index contributed by atoms with van der Waals surface area (Å²) in [5.74, 6) is -1.21. The van der Waals surface area contributed by atoms with Gasteiger partial charge in [-0.1, -0.05) is 55.3 Å². The first kappa shape index (κ1) is 34.6. The Bertz CT molecular complexity index is 1230. The van der Waals surface area contributed by atoms with Crippen molar-refractivity contribution in [2.75, 3.05) is 31.2 Å². The van der Waals surface area contributed by atoms with Crippen molar-refractivity contribution in [2.45, 2.75) is 86.8 Å². The number of ether oxygens (including phenoxy) is 1. The van der Waals surface area contributed by atoms with Gasteiger partial charge in [0.2, 0.25) is 17.7 Å². The minimum atomic E-state index is -0.806. The number of thioether (sulfide) groups is 1. The molecule has 1 aromatic rings. The summed E-state index contributed by atoms with van der Waals surface area (Å²) in [6, 6.07) is 5.98. The van der Waals surface area contributed by atoms with Crippen molar-refractivity contribution in [1.82, 2.24) is 9.80 Å². The van der Waals surface area contributed by atoms with Crippen molar-refractivity contribution >= 4 is 51.1 Å². The molecule has 4 rings (SSSR count). The van der Waals surface area contributed by atoms with Crippen LogP contribution < -0.4 is 9.64 Å². The molecule has 44 heavy (non-hydrogen) atoms. The van der Waals surface area contributed by atoms with E-state index in [4.69, 9.17) is 4.74 Å². The number of benzene rings is 1. The van der Waals surface area contributed by atoms with Crippen molar-refractivity contribution in [3.8, 4) is 5.75 Å². The van der Waals surface area contributed by atoms with E-state index in [2.05, 4.69) is 36.0 Å². The van der Waals surface area contributed by atoms with Crippen molar-refractivity contribution in [1.29, 1.82) is 0 Å². The molecule has 4 unspecified atom stereocenters.